The van der Waals surface area contributed by atoms with E-state index in [0.717, 1.165) is 17.7 Å². The van der Waals surface area contributed by atoms with Crippen LogP contribution in [0.25, 0.3) is 0 Å². The maximum Gasteiger partial charge on any atom is 0.231 e. The van der Waals surface area contributed by atoms with Crippen molar-refractivity contribution in [1.82, 2.24) is 10.1 Å². The molecule has 0 fully saturated rings. The Morgan fingerprint density at radius 1 is 1.45 bits per heavy atom. The van der Waals surface area contributed by atoms with E-state index < -0.39 is 0 Å². The first-order valence-corrected chi connectivity index (χ1v) is 7.62. The van der Waals surface area contributed by atoms with Crippen LogP contribution in [0.2, 0.25) is 0 Å². The molecule has 1 unspecified atom stereocenters. The largest absolute Gasteiger partial charge is 0.339 e. The minimum atomic E-state index is -0.241. The van der Waals surface area contributed by atoms with Crippen LogP contribution in [0, 0.1) is 5.82 Å². The molecular weight excluding hydrogens is 277 g/mol. The molecule has 108 valence electrons. The second kappa shape index (κ2) is 7.40. The number of benzene rings is 1. The highest BCUT2D eigenvalue weighted by atomic mass is 32.2. The van der Waals surface area contributed by atoms with Crippen LogP contribution in [0.15, 0.2) is 33.7 Å². The quantitative estimate of drug-likeness (QED) is 0.794. The van der Waals surface area contributed by atoms with Crippen LogP contribution < -0.4 is 5.73 Å². The highest BCUT2D eigenvalue weighted by Crippen LogP contribution is 2.24. The Morgan fingerprint density at radius 2 is 2.30 bits per heavy atom. The zero-order valence-corrected chi connectivity index (χ0v) is 12.2. The number of aromatic nitrogens is 2. The summed E-state index contributed by atoms with van der Waals surface area (Å²) in [5.41, 5.74) is 5.71. The zero-order valence-electron chi connectivity index (χ0n) is 11.4. The van der Waals surface area contributed by atoms with Gasteiger partial charge < -0.3 is 10.3 Å². The van der Waals surface area contributed by atoms with E-state index in [0.29, 0.717) is 24.0 Å². The van der Waals surface area contributed by atoms with E-state index in [4.69, 9.17) is 10.3 Å². The summed E-state index contributed by atoms with van der Waals surface area (Å²) >= 11 is 1.48. The molecule has 2 aromatic rings. The number of nitrogens with zero attached hydrogens (tertiary/aromatic N) is 2. The first kappa shape index (κ1) is 15.0. The summed E-state index contributed by atoms with van der Waals surface area (Å²) in [5.74, 6) is 1.65. The Kier molecular flexibility index (Phi) is 5.55. The van der Waals surface area contributed by atoms with Crippen LogP contribution in [-0.2, 0) is 5.75 Å². The van der Waals surface area contributed by atoms with Gasteiger partial charge in [0.25, 0.3) is 0 Å². The van der Waals surface area contributed by atoms with Gasteiger partial charge in [-0.15, -0.1) is 11.8 Å². The van der Waals surface area contributed by atoms with Gasteiger partial charge >= 0.3 is 0 Å². The maximum atomic E-state index is 13.1. The van der Waals surface area contributed by atoms with Crippen molar-refractivity contribution in [2.75, 3.05) is 6.54 Å². The molecule has 0 saturated carbocycles. The van der Waals surface area contributed by atoms with Gasteiger partial charge in [-0.3, -0.25) is 0 Å². The average molecular weight is 295 g/mol. The second-order valence-electron chi connectivity index (χ2n) is 4.52. The van der Waals surface area contributed by atoms with Crippen molar-refractivity contribution in [3.8, 4) is 0 Å². The van der Waals surface area contributed by atoms with E-state index in [1.165, 1.54) is 23.9 Å². The average Bonchev–Trinajstić information content (AvgIpc) is 2.91. The zero-order chi connectivity index (χ0) is 14.4. The van der Waals surface area contributed by atoms with Crippen molar-refractivity contribution >= 4 is 11.8 Å². The molecule has 1 heterocycles. The monoisotopic (exact) mass is 295 g/mol. The van der Waals surface area contributed by atoms with Crippen LogP contribution in [0.5, 0.6) is 0 Å². The molecule has 2 N–H and O–H groups in total. The van der Waals surface area contributed by atoms with E-state index >= 15 is 0 Å². The summed E-state index contributed by atoms with van der Waals surface area (Å²) in [4.78, 5) is 5.21. The number of hydrogen-bond acceptors (Lipinski definition) is 5. The Bertz CT molecular complexity index is 547. The number of nitrogens with two attached hydrogens (primary N) is 1. The van der Waals surface area contributed by atoms with Crippen molar-refractivity contribution in [3.05, 3.63) is 41.8 Å². The van der Waals surface area contributed by atoms with Crippen LogP contribution >= 0.6 is 11.8 Å². The summed E-state index contributed by atoms with van der Waals surface area (Å²) in [6.45, 7) is 2.60. The number of rotatable bonds is 7. The van der Waals surface area contributed by atoms with E-state index in [9.17, 15) is 4.39 Å². The van der Waals surface area contributed by atoms with Crippen molar-refractivity contribution < 1.29 is 8.91 Å². The minimum absolute atomic E-state index is 0.125. The molecule has 2 rings (SSSR count). The lowest BCUT2D eigenvalue weighted by Gasteiger charge is -2.06. The van der Waals surface area contributed by atoms with Gasteiger partial charge in [0.05, 0.1) is 11.7 Å². The number of thioether (sulfide) groups is 1. The highest BCUT2D eigenvalue weighted by molar-refractivity contribution is 7.98. The van der Waals surface area contributed by atoms with Gasteiger partial charge in [0, 0.05) is 11.4 Å². The SMILES string of the molecule is CCCC(CN)c1nc(CSc2cccc(F)c2)no1. The second-order valence-corrected chi connectivity index (χ2v) is 5.56. The molecule has 0 aliphatic heterocycles. The summed E-state index contributed by atoms with van der Waals surface area (Å²) in [7, 11) is 0. The lowest BCUT2D eigenvalue weighted by molar-refractivity contribution is 0.344. The standard InChI is InChI=1S/C14H18FN3OS/c1-2-4-10(8-16)14-17-13(18-19-14)9-20-12-6-3-5-11(15)7-12/h3,5-7,10H,2,4,8-9,16H2,1H3. The van der Waals surface area contributed by atoms with Gasteiger partial charge in [0.1, 0.15) is 5.82 Å². The van der Waals surface area contributed by atoms with Crippen LogP contribution in [0.3, 0.4) is 0 Å². The van der Waals surface area contributed by atoms with E-state index in [2.05, 4.69) is 17.1 Å². The molecule has 0 radical (unpaired) electrons. The van der Waals surface area contributed by atoms with Gasteiger partial charge in [0.2, 0.25) is 5.89 Å². The predicted octanol–water partition coefficient (Wildman–Crippen LogP) is 3.34. The number of halogens is 1. The summed E-state index contributed by atoms with van der Waals surface area (Å²) in [5, 5.41) is 3.95. The molecule has 6 heteroatoms. The van der Waals surface area contributed by atoms with Gasteiger partial charge in [-0.25, -0.2) is 4.39 Å². The van der Waals surface area contributed by atoms with E-state index in [-0.39, 0.29) is 11.7 Å². The fraction of sp³-hybridized carbons (Fsp3) is 0.429. The smallest absolute Gasteiger partial charge is 0.231 e. The molecule has 0 amide bonds. The molecular formula is C14H18FN3OS. The fourth-order valence-corrected chi connectivity index (χ4v) is 2.67. The van der Waals surface area contributed by atoms with Gasteiger partial charge in [0.15, 0.2) is 5.82 Å². The van der Waals surface area contributed by atoms with E-state index in [1.54, 1.807) is 6.07 Å². The molecule has 1 aromatic carbocycles. The summed E-state index contributed by atoms with van der Waals surface area (Å²) in [6.07, 6.45) is 1.97. The predicted molar refractivity (Wildman–Crippen MR) is 77.0 cm³/mol. The third kappa shape index (κ3) is 4.05. The van der Waals surface area contributed by atoms with Crippen molar-refractivity contribution in [2.45, 2.75) is 36.3 Å². The molecule has 1 aromatic heterocycles. The van der Waals surface area contributed by atoms with E-state index in [1.807, 2.05) is 6.07 Å². The maximum absolute atomic E-state index is 13.1. The number of hydrogen-bond donors (Lipinski definition) is 1. The molecule has 4 nitrogen and oxygen atoms in total. The topological polar surface area (TPSA) is 64.9 Å². The highest BCUT2D eigenvalue weighted by Gasteiger charge is 2.16. The fourth-order valence-electron chi connectivity index (χ4n) is 1.89. The Labute approximate surface area is 121 Å². The lowest BCUT2D eigenvalue weighted by atomic mass is 10.0. The van der Waals surface area contributed by atoms with Gasteiger partial charge in [-0.1, -0.05) is 24.6 Å². The third-order valence-electron chi connectivity index (χ3n) is 2.92. The van der Waals surface area contributed by atoms with Crippen molar-refractivity contribution in [2.24, 2.45) is 5.73 Å². The Hall–Kier alpha value is -1.40. The Morgan fingerprint density at radius 3 is 3.00 bits per heavy atom. The molecule has 0 aliphatic carbocycles. The van der Waals surface area contributed by atoms with Crippen molar-refractivity contribution in [1.29, 1.82) is 0 Å². The minimum Gasteiger partial charge on any atom is -0.339 e. The van der Waals surface area contributed by atoms with Gasteiger partial charge in [-0.05, 0) is 24.6 Å². The molecule has 0 spiro atoms. The lowest BCUT2D eigenvalue weighted by Crippen LogP contribution is -2.12. The molecule has 0 saturated heterocycles. The summed E-state index contributed by atoms with van der Waals surface area (Å²) < 4.78 is 18.3. The van der Waals surface area contributed by atoms with Crippen molar-refractivity contribution in [3.63, 3.8) is 0 Å². The molecule has 0 aliphatic rings. The molecule has 0 bridgehead atoms. The summed E-state index contributed by atoms with van der Waals surface area (Å²) in [6, 6.07) is 6.46. The van der Waals surface area contributed by atoms with Crippen LogP contribution in [0.4, 0.5) is 4.39 Å². The first-order chi connectivity index (χ1) is 9.72. The normalized spacial score (nSPS) is 12.6. The van der Waals surface area contributed by atoms with Crippen LogP contribution in [0.1, 0.15) is 37.4 Å². The molecule has 20 heavy (non-hydrogen) atoms. The van der Waals surface area contributed by atoms with Crippen LogP contribution in [-0.4, -0.2) is 16.7 Å². The Balaban J connectivity index is 1.95. The molecule has 1 atom stereocenters. The third-order valence-corrected chi connectivity index (χ3v) is 3.91. The first-order valence-electron chi connectivity index (χ1n) is 6.63. The van der Waals surface area contributed by atoms with Gasteiger partial charge in [-0.2, -0.15) is 4.98 Å².